The van der Waals surface area contributed by atoms with Gasteiger partial charge in [0.05, 0.1) is 11.8 Å². The van der Waals surface area contributed by atoms with Crippen molar-refractivity contribution in [3.05, 3.63) is 199 Å². The Labute approximate surface area is 301 Å². The van der Waals surface area contributed by atoms with Crippen molar-refractivity contribution >= 4 is 55.2 Å². The van der Waals surface area contributed by atoms with E-state index in [4.69, 9.17) is 13.8 Å². The predicted octanol–water partition coefficient (Wildman–Crippen LogP) is 13.4. The maximum absolute atomic E-state index is 6.51. The molecule has 3 nitrogen and oxygen atoms in total. The third-order valence-electron chi connectivity index (χ3n) is 10.4. The van der Waals surface area contributed by atoms with Crippen LogP contribution in [0.2, 0.25) is 0 Å². The monoisotopic (exact) mass is 667 g/mol. The van der Waals surface area contributed by atoms with Gasteiger partial charge in [0.15, 0.2) is 0 Å². The highest BCUT2D eigenvalue weighted by Gasteiger charge is 2.25. The highest BCUT2D eigenvalue weighted by molar-refractivity contribution is 6.16. The Morgan fingerprint density at radius 3 is 1.87 bits per heavy atom. The van der Waals surface area contributed by atoms with E-state index in [1.165, 1.54) is 11.1 Å². The van der Waals surface area contributed by atoms with Gasteiger partial charge in [0.1, 0.15) is 22.3 Å². The lowest BCUT2D eigenvalue weighted by Crippen LogP contribution is -2.05. The second kappa shape index (κ2) is 12.3. The molecule has 0 aliphatic carbocycles. The summed E-state index contributed by atoms with van der Waals surface area (Å²) >= 11 is 0. The van der Waals surface area contributed by atoms with Crippen molar-refractivity contribution < 1.29 is 8.83 Å². The van der Waals surface area contributed by atoms with E-state index in [-0.39, 0.29) is 6.04 Å². The predicted molar refractivity (Wildman–Crippen MR) is 216 cm³/mol. The van der Waals surface area contributed by atoms with Gasteiger partial charge >= 0.3 is 0 Å². The second-order valence-corrected chi connectivity index (χ2v) is 13.5. The van der Waals surface area contributed by atoms with Crippen LogP contribution in [-0.4, -0.2) is 5.71 Å². The SMILES string of the molecule is C=C1C=C(c2ccc3c(c2)oc2ccccc23)CC(c2cccc3oc4ccc(-c5ccc(-c6ccccc6)cc5)cc4c23)N=C1c1ccccc1. The molecule has 10 rings (SSSR count). The summed E-state index contributed by atoms with van der Waals surface area (Å²) in [4.78, 5) is 5.53. The van der Waals surface area contributed by atoms with Crippen molar-refractivity contribution in [1.82, 2.24) is 0 Å². The van der Waals surface area contributed by atoms with Crippen molar-refractivity contribution in [3.63, 3.8) is 0 Å². The van der Waals surface area contributed by atoms with E-state index in [0.29, 0.717) is 6.42 Å². The highest BCUT2D eigenvalue weighted by atomic mass is 16.3. The Hall–Kier alpha value is -6.71. The van der Waals surface area contributed by atoms with Crippen LogP contribution >= 0.6 is 0 Å². The van der Waals surface area contributed by atoms with E-state index < -0.39 is 0 Å². The van der Waals surface area contributed by atoms with E-state index in [0.717, 1.165) is 88.6 Å². The number of aliphatic imine (C=N–C) groups is 1. The summed E-state index contributed by atoms with van der Waals surface area (Å²) in [6, 6.07) is 57.1. The topological polar surface area (TPSA) is 38.6 Å². The molecule has 1 atom stereocenters. The molecule has 0 spiro atoms. The third-order valence-corrected chi connectivity index (χ3v) is 10.4. The van der Waals surface area contributed by atoms with Gasteiger partial charge in [-0.25, -0.2) is 0 Å². The van der Waals surface area contributed by atoms with Crippen molar-refractivity contribution in [2.45, 2.75) is 12.5 Å². The molecule has 246 valence electrons. The summed E-state index contributed by atoms with van der Waals surface area (Å²) in [5.41, 5.74) is 14.4. The van der Waals surface area contributed by atoms with Crippen LogP contribution in [0.4, 0.5) is 0 Å². The zero-order valence-electron chi connectivity index (χ0n) is 28.4. The first kappa shape index (κ1) is 30.1. The van der Waals surface area contributed by atoms with Gasteiger partial charge in [-0.3, -0.25) is 4.99 Å². The number of fused-ring (bicyclic) bond motifs is 6. The number of nitrogens with zero attached hydrogens (tertiary/aromatic N) is 1. The van der Waals surface area contributed by atoms with Crippen molar-refractivity contribution in [2.24, 2.45) is 4.99 Å². The van der Waals surface area contributed by atoms with Crippen LogP contribution in [0.5, 0.6) is 0 Å². The first-order chi connectivity index (χ1) is 25.7. The van der Waals surface area contributed by atoms with Crippen LogP contribution in [0.1, 0.15) is 29.2 Å². The van der Waals surface area contributed by atoms with Crippen molar-refractivity contribution in [2.75, 3.05) is 0 Å². The lowest BCUT2D eigenvalue weighted by Gasteiger charge is -2.16. The molecule has 1 unspecified atom stereocenters. The van der Waals surface area contributed by atoms with Crippen LogP contribution in [-0.2, 0) is 0 Å². The molecule has 0 saturated heterocycles. The van der Waals surface area contributed by atoms with Gasteiger partial charge in [-0.2, -0.15) is 0 Å². The van der Waals surface area contributed by atoms with Crippen LogP contribution < -0.4 is 0 Å². The Kier molecular flexibility index (Phi) is 7.10. The van der Waals surface area contributed by atoms with Crippen LogP contribution in [0.15, 0.2) is 196 Å². The van der Waals surface area contributed by atoms with Gasteiger partial charge in [-0.15, -0.1) is 0 Å². The Balaban J connectivity index is 1.11. The Morgan fingerprint density at radius 2 is 1.06 bits per heavy atom. The number of hydrogen-bond acceptors (Lipinski definition) is 3. The van der Waals surface area contributed by atoms with Gasteiger partial charge in [-0.05, 0) is 93.4 Å². The average Bonchev–Trinajstić information content (AvgIpc) is 3.71. The normalized spacial score (nSPS) is 14.9. The average molecular weight is 668 g/mol. The lowest BCUT2D eigenvalue weighted by atomic mass is 9.91. The van der Waals surface area contributed by atoms with E-state index in [1.807, 2.05) is 24.3 Å². The summed E-state index contributed by atoms with van der Waals surface area (Å²) in [7, 11) is 0. The zero-order valence-corrected chi connectivity index (χ0v) is 28.4. The molecule has 0 fully saturated rings. The molecule has 1 aliphatic rings. The molecule has 9 aromatic rings. The molecule has 0 amide bonds. The first-order valence-corrected chi connectivity index (χ1v) is 17.7. The van der Waals surface area contributed by atoms with Crippen LogP contribution in [0.3, 0.4) is 0 Å². The number of benzene rings is 7. The molecule has 52 heavy (non-hydrogen) atoms. The van der Waals surface area contributed by atoms with Gasteiger partial charge in [-0.1, -0.05) is 134 Å². The number of para-hydroxylation sites is 1. The smallest absolute Gasteiger partial charge is 0.136 e. The van der Waals surface area contributed by atoms with E-state index >= 15 is 0 Å². The van der Waals surface area contributed by atoms with Crippen molar-refractivity contribution in [1.29, 1.82) is 0 Å². The minimum absolute atomic E-state index is 0.189. The molecule has 2 aromatic heterocycles. The number of furan rings is 2. The number of allylic oxidation sites excluding steroid dienone is 2. The standard InChI is InChI=1S/C49H33NO2/c1-31-27-38(37-23-25-40-39-15-8-9-17-44(39)52-47(40)30-37)29-43(50-49(31)35-13-6-3-7-14-35)41-16-10-18-46-48(41)42-28-36(24-26-45(42)51-46)34-21-19-33(20-22-34)32-11-4-2-5-12-32/h2-28,30,43H,1,29H2. The maximum Gasteiger partial charge on any atom is 0.136 e. The highest BCUT2D eigenvalue weighted by Crippen LogP contribution is 2.43. The number of rotatable bonds is 5. The van der Waals surface area contributed by atoms with E-state index in [9.17, 15) is 0 Å². The maximum atomic E-state index is 6.51. The summed E-state index contributed by atoms with van der Waals surface area (Å²) in [6.07, 6.45) is 2.90. The Bertz CT molecular complexity index is 2870. The Morgan fingerprint density at radius 1 is 0.462 bits per heavy atom. The van der Waals surface area contributed by atoms with Crippen LogP contribution in [0.25, 0.3) is 71.7 Å². The zero-order chi connectivity index (χ0) is 34.6. The summed E-state index contributed by atoms with van der Waals surface area (Å²) in [6.45, 7) is 4.56. The summed E-state index contributed by atoms with van der Waals surface area (Å²) < 4.78 is 12.8. The molecule has 7 aromatic carbocycles. The van der Waals surface area contributed by atoms with Gasteiger partial charge < -0.3 is 8.83 Å². The quantitative estimate of drug-likeness (QED) is 0.183. The van der Waals surface area contributed by atoms with E-state index in [2.05, 4.69) is 152 Å². The minimum Gasteiger partial charge on any atom is -0.456 e. The molecule has 0 bridgehead atoms. The molecule has 0 N–H and O–H groups in total. The van der Waals surface area contributed by atoms with Gasteiger partial charge in [0, 0.05) is 27.1 Å². The first-order valence-electron chi connectivity index (χ1n) is 17.7. The molecule has 0 saturated carbocycles. The fourth-order valence-corrected chi connectivity index (χ4v) is 7.79. The van der Waals surface area contributed by atoms with Crippen LogP contribution in [0, 0.1) is 0 Å². The van der Waals surface area contributed by atoms with Gasteiger partial charge in [0.2, 0.25) is 0 Å². The molecule has 3 heterocycles. The second-order valence-electron chi connectivity index (χ2n) is 13.5. The molecule has 0 radical (unpaired) electrons. The lowest BCUT2D eigenvalue weighted by molar-refractivity contribution is 0.667. The molecule has 1 aliphatic heterocycles. The van der Waals surface area contributed by atoms with E-state index in [1.54, 1.807) is 0 Å². The molecular formula is C49H33NO2. The number of hydrogen-bond donors (Lipinski definition) is 0. The fraction of sp³-hybridized carbons (Fsp3) is 0.0408. The minimum atomic E-state index is -0.189. The summed E-state index contributed by atoms with van der Waals surface area (Å²) in [5, 5.41) is 4.43. The molecule has 3 heteroatoms. The van der Waals surface area contributed by atoms with Gasteiger partial charge in [0.25, 0.3) is 0 Å². The largest absolute Gasteiger partial charge is 0.456 e. The van der Waals surface area contributed by atoms with Crippen molar-refractivity contribution in [3.8, 4) is 22.3 Å². The molecular weight excluding hydrogens is 635 g/mol. The third kappa shape index (κ3) is 5.18. The summed E-state index contributed by atoms with van der Waals surface area (Å²) in [5.74, 6) is 0. The fourth-order valence-electron chi connectivity index (χ4n) is 7.79.